The van der Waals surface area contributed by atoms with Crippen molar-refractivity contribution in [3.8, 4) is 0 Å². The molecule has 0 aromatic carbocycles. The summed E-state index contributed by atoms with van der Waals surface area (Å²) in [5.41, 5.74) is 7.14. The van der Waals surface area contributed by atoms with Crippen molar-refractivity contribution in [2.24, 2.45) is 5.73 Å². The minimum absolute atomic E-state index is 0.0844. The van der Waals surface area contributed by atoms with Gasteiger partial charge in [-0.15, -0.1) is 0 Å². The van der Waals surface area contributed by atoms with Crippen LogP contribution >= 0.6 is 0 Å². The van der Waals surface area contributed by atoms with Crippen molar-refractivity contribution in [1.29, 1.82) is 0 Å². The molecule has 3 nitrogen and oxygen atoms in total. The molecule has 1 aliphatic heterocycles. The van der Waals surface area contributed by atoms with Crippen molar-refractivity contribution in [2.75, 3.05) is 11.4 Å². The van der Waals surface area contributed by atoms with E-state index in [1.807, 2.05) is 19.2 Å². The van der Waals surface area contributed by atoms with Crippen molar-refractivity contribution >= 4 is 5.82 Å². The number of nitrogens with zero attached hydrogens (tertiary/aromatic N) is 2. The van der Waals surface area contributed by atoms with Crippen LogP contribution < -0.4 is 10.6 Å². The topological polar surface area (TPSA) is 42.1 Å². The van der Waals surface area contributed by atoms with Gasteiger partial charge in [0.1, 0.15) is 5.82 Å². The maximum atomic E-state index is 5.96. The molecule has 2 heterocycles. The second kappa shape index (κ2) is 6.19. The molecule has 2 rings (SSSR count). The van der Waals surface area contributed by atoms with Crippen molar-refractivity contribution in [1.82, 2.24) is 4.98 Å². The highest BCUT2D eigenvalue weighted by Crippen LogP contribution is 2.27. The summed E-state index contributed by atoms with van der Waals surface area (Å²) in [4.78, 5) is 7.03. The molecule has 0 bridgehead atoms. The van der Waals surface area contributed by atoms with E-state index in [-0.39, 0.29) is 6.04 Å². The van der Waals surface area contributed by atoms with Crippen molar-refractivity contribution in [3.63, 3.8) is 0 Å². The first kappa shape index (κ1) is 13.3. The van der Waals surface area contributed by atoms with Gasteiger partial charge in [0.25, 0.3) is 0 Å². The van der Waals surface area contributed by atoms with Gasteiger partial charge in [0.2, 0.25) is 0 Å². The first-order valence-electron chi connectivity index (χ1n) is 7.20. The third kappa shape index (κ3) is 3.02. The van der Waals surface area contributed by atoms with E-state index >= 15 is 0 Å². The van der Waals surface area contributed by atoms with Gasteiger partial charge in [-0.3, -0.25) is 0 Å². The predicted octanol–water partition coefficient (Wildman–Crippen LogP) is 3.26. The van der Waals surface area contributed by atoms with Crippen molar-refractivity contribution in [3.05, 3.63) is 23.9 Å². The summed E-state index contributed by atoms with van der Waals surface area (Å²) < 4.78 is 0. The molecule has 0 saturated carbocycles. The average Bonchev–Trinajstić information content (AvgIpc) is 2.40. The summed E-state index contributed by atoms with van der Waals surface area (Å²) in [5, 5.41) is 0. The van der Waals surface area contributed by atoms with Crippen LogP contribution in [0.3, 0.4) is 0 Å². The van der Waals surface area contributed by atoms with Gasteiger partial charge in [-0.25, -0.2) is 4.98 Å². The highest BCUT2D eigenvalue weighted by Gasteiger charge is 2.22. The molecule has 1 saturated heterocycles. The largest absolute Gasteiger partial charge is 0.354 e. The second-order valence-electron chi connectivity index (χ2n) is 5.37. The molecule has 2 atom stereocenters. The molecule has 0 aliphatic carbocycles. The number of rotatable bonds is 4. The standard InChI is InChI=1S/C15H25N3/c1-3-6-14-7-4-5-10-18(14)15-11-13(12(2)16)8-9-17-15/h8-9,11-12,14H,3-7,10,16H2,1-2H3. The van der Waals surface area contributed by atoms with E-state index in [2.05, 4.69) is 22.9 Å². The highest BCUT2D eigenvalue weighted by atomic mass is 15.2. The Morgan fingerprint density at radius 3 is 3.06 bits per heavy atom. The normalized spacial score (nSPS) is 21.9. The second-order valence-corrected chi connectivity index (χ2v) is 5.37. The predicted molar refractivity (Wildman–Crippen MR) is 76.7 cm³/mol. The van der Waals surface area contributed by atoms with E-state index < -0.39 is 0 Å². The summed E-state index contributed by atoms with van der Waals surface area (Å²) >= 11 is 0. The Kier molecular flexibility index (Phi) is 4.59. The number of pyridine rings is 1. The maximum absolute atomic E-state index is 5.96. The first-order chi connectivity index (χ1) is 8.72. The number of aromatic nitrogens is 1. The van der Waals surface area contributed by atoms with Gasteiger partial charge in [0.05, 0.1) is 0 Å². The Balaban J connectivity index is 2.19. The zero-order valence-electron chi connectivity index (χ0n) is 11.6. The fourth-order valence-electron chi connectivity index (χ4n) is 2.81. The van der Waals surface area contributed by atoms with Crippen LogP contribution in [0.25, 0.3) is 0 Å². The molecule has 1 aromatic rings. The first-order valence-corrected chi connectivity index (χ1v) is 7.20. The van der Waals surface area contributed by atoms with Crippen LogP contribution in [0.2, 0.25) is 0 Å². The molecule has 2 N–H and O–H groups in total. The monoisotopic (exact) mass is 247 g/mol. The lowest BCUT2D eigenvalue weighted by Crippen LogP contribution is -2.40. The van der Waals surface area contributed by atoms with Crippen molar-refractivity contribution in [2.45, 2.75) is 58.0 Å². The van der Waals surface area contributed by atoms with E-state index in [0.717, 1.165) is 12.4 Å². The van der Waals surface area contributed by atoms with E-state index in [9.17, 15) is 0 Å². The fraction of sp³-hybridized carbons (Fsp3) is 0.667. The van der Waals surface area contributed by atoms with Gasteiger partial charge in [-0.2, -0.15) is 0 Å². The molecule has 1 aliphatic rings. The zero-order chi connectivity index (χ0) is 13.0. The van der Waals surface area contributed by atoms with Crippen LogP contribution in [0, 0.1) is 0 Å². The Hall–Kier alpha value is -1.09. The number of hydrogen-bond acceptors (Lipinski definition) is 3. The Labute approximate surface area is 110 Å². The number of piperidine rings is 1. The SMILES string of the molecule is CCCC1CCCCN1c1cc(C(C)N)ccn1. The molecular weight excluding hydrogens is 222 g/mol. The van der Waals surface area contributed by atoms with Crippen LogP contribution in [0.15, 0.2) is 18.3 Å². The lowest BCUT2D eigenvalue weighted by Gasteiger charge is -2.37. The Bertz CT molecular complexity index is 374. The summed E-state index contributed by atoms with van der Waals surface area (Å²) in [6.45, 7) is 5.43. The summed E-state index contributed by atoms with van der Waals surface area (Å²) in [7, 11) is 0. The summed E-state index contributed by atoms with van der Waals surface area (Å²) in [5.74, 6) is 1.11. The van der Waals surface area contributed by atoms with E-state index in [1.165, 1.54) is 37.7 Å². The molecule has 100 valence electrons. The third-order valence-corrected chi connectivity index (χ3v) is 3.84. The molecule has 0 spiro atoms. The van der Waals surface area contributed by atoms with Crippen LogP contribution in [0.1, 0.15) is 57.6 Å². The Morgan fingerprint density at radius 1 is 1.50 bits per heavy atom. The van der Waals surface area contributed by atoms with Crippen LogP contribution in [0.5, 0.6) is 0 Å². The summed E-state index contributed by atoms with van der Waals surface area (Å²) in [6.07, 6.45) is 8.35. The van der Waals surface area contributed by atoms with Crippen LogP contribution in [-0.4, -0.2) is 17.6 Å². The molecule has 1 fully saturated rings. The minimum Gasteiger partial charge on any atom is -0.354 e. The van der Waals surface area contributed by atoms with Crippen LogP contribution in [0.4, 0.5) is 5.82 Å². The van der Waals surface area contributed by atoms with E-state index in [4.69, 9.17) is 5.73 Å². The fourth-order valence-corrected chi connectivity index (χ4v) is 2.81. The molecular formula is C15H25N3. The zero-order valence-corrected chi connectivity index (χ0v) is 11.6. The number of hydrogen-bond donors (Lipinski definition) is 1. The minimum atomic E-state index is 0.0844. The highest BCUT2D eigenvalue weighted by molar-refractivity contribution is 5.43. The molecule has 3 heteroatoms. The molecule has 0 radical (unpaired) electrons. The van der Waals surface area contributed by atoms with Crippen LogP contribution in [-0.2, 0) is 0 Å². The quantitative estimate of drug-likeness (QED) is 0.888. The van der Waals surface area contributed by atoms with Gasteiger partial charge in [-0.1, -0.05) is 13.3 Å². The smallest absolute Gasteiger partial charge is 0.129 e. The summed E-state index contributed by atoms with van der Waals surface area (Å²) in [6, 6.07) is 4.94. The number of anilines is 1. The maximum Gasteiger partial charge on any atom is 0.129 e. The van der Waals surface area contributed by atoms with E-state index in [0.29, 0.717) is 6.04 Å². The average molecular weight is 247 g/mol. The molecule has 0 amide bonds. The molecule has 18 heavy (non-hydrogen) atoms. The van der Waals surface area contributed by atoms with Gasteiger partial charge in [0, 0.05) is 24.8 Å². The number of nitrogens with two attached hydrogens (primary N) is 1. The Morgan fingerprint density at radius 2 is 2.33 bits per heavy atom. The van der Waals surface area contributed by atoms with E-state index in [1.54, 1.807) is 0 Å². The lowest BCUT2D eigenvalue weighted by atomic mass is 9.98. The van der Waals surface area contributed by atoms with Gasteiger partial charge >= 0.3 is 0 Å². The van der Waals surface area contributed by atoms with Gasteiger partial charge in [0.15, 0.2) is 0 Å². The third-order valence-electron chi connectivity index (χ3n) is 3.84. The molecule has 1 aromatic heterocycles. The lowest BCUT2D eigenvalue weighted by molar-refractivity contribution is 0.431. The molecule has 2 unspecified atom stereocenters. The van der Waals surface area contributed by atoms with Gasteiger partial charge in [-0.05, 0) is 50.3 Å². The van der Waals surface area contributed by atoms with Crippen molar-refractivity contribution < 1.29 is 0 Å². The van der Waals surface area contributed by atoms with Gasteiger partial charge < -0.3 is 10.6 Å².